The molecule has 24 heavy (non-hydrogen) atoms. The van der Waals surface area contributed by atoms with Crippen LogP contribution in [-0.4, -0.2) is 9.78 Å². The van der Waals surface area contributed by atoms with Gasteiger partial charge in [-0.1, -0.05) is 24.6 Å². The second kappa shape index (κ2) is 6.02. The zero-order chi connectivity index (χ0) is 16.7. The summed E-state index contributed by atoms with van der Waals surface area (Å²) in [6, 6.07) is 12.0. The summed E-state index contributed by atoms with van der Waals surface area (Å²) in [4.78, 5) is 15.4. The predicted octanol–water partition coefficient (Wildman–Crippen LogP) is 4.32. The summed E-state index contributed by atoms with van der Waals surface area (Å²) in [6.45, 7) is 4.23. The number of hydrogen-bond acceptors (Lipinski definition) is 3. The molecular weight excluding hydrogens is 316 g/mol. The number of rotatable bonds is 2. The molecule has 0 spiro atoms. The first-order chi connectivity index (χ1) is 11.7. The van der Waals surface area contributed by atoms with Crippen molar-refractivity contribution in [1.82, 2.24) is 9.78 Å². The molecule has 0 aliphatic heterocycles. The van der Waals surface area contributed by atoms with Crippen LogP contribution in [0.2, 0.25) is 0 Å². The number of benzene rings is 1. The van der Waals surface area contributed by atoms with Gasteiger partial charge in [0.15, 0.2) is 0 Å². The molecule has 4 heteroatoms. The predicted molar refractivity (Wildman–Crippen MR) is 99.3 cm³/mol. The Morgan fingerprint density at radius 1 is 1.17 bits per heavy atom. The van der Waals surface area contributed by atoms with Gasteiger partial charge in [-0.3, -0.25) is 4.79 Å². The molecular formula is C20H20N2OS. The molecule has 3 nitrogen and oxygen atoms in total. The van der Waals surface area contributed by atoms with Crippen LogP contribution < -0.4 is 5.56 Å². The minimum absolute atomic E-state index is 0.0491. The van der Waals surface area contributed by atoms with Crippen molar-refractivity contribution in [2.45, 2.75) is 39.5 Å². The standard InChI is InChI=1S/C20H20N2OS/c1-3-16-12-17-18(24-16)6-4-5-14-11-19(23)22(21-20(14)17)15-9-7-13(2)8-10-15/h7-12H,3-6H2,1-2H3. The van der Waals surface area contributed by atoms with Crippen LogP contribution in [0.3, 0.4) is 0 Å². The maximum atomic E-state index is 12.6. The highest BCUT2D eigenvalue weighted by Crippen LogP contribution is 2.36. The molecule has 2 aromatic heterocycles. The first kappa shape index (κ1) is 15.3. The van der Waals surface area contributed by atoms with Crippen LogP contribution >= 0.6 is 11.3 Å². The number of nitrogens with zero attached hydrogens (tertiary/aromatic N) is 2. The largest absolute Gasteiger partial charge is 0.271 e. The third-order valence-electron chi connectivity index (χ3n) is 4.60. The second-order valence-corrected chi connectivity index (χ2v) is 7.58. The first-order valence-corrected chi connectivity index (χ1v) is 9.29. The molecule has 0 fully saturated rings. The smallest absolute Gasteiger partial charge is 0.267 e. The van der Waals surface area contributed by atoms with Gasteiger partial charge in [-0.2, -0.15) is 9.78 Å². The van der Waals surface area contributed by atoms with Crippen molar-refractivity contribution in [1.29, 1.82) is 0 Å². The average molecular weight is 336 g/mol. The lowest BCUT2D eigenvalue weighted by Gasteiger charge is -2.10. The lowest BCUT2D eigenvalue weighted by molar-refractivity contribution is 0.786. The molecule has 0 radical (unpaired) electrons. The Morgan fingerprint density at radius 2 is 1.96 bits per heavy atom. The van der Waals surface area contributed by atoms with E-state index in [1.165, 1.54) is 25.6 Å². The highest BCUT2D eigenvalue weighted by atomic mass is 32.1. The SMILES string of the molecule is CCc1cc2c(s1)CCCc1cc(=O)n(-c3ccc(C)cc3)nc1-2. The van der Waals surface area contributed by atoms with Gasteiger partial charge in [0.2, 0.25) is 0 Å². The highest BCUT2D eigenvalue weighted by molar-refractivity contribution is 7.12. The normalized spacial score (nSPS) is 13.2. The Morgan fingerprint density at radius 3 is 2.71 bits per heavy atom. The number of thiophene rings is 1. The molecule has 4 rings (SSSR count). The third kappa shape index (κ3) is 2.61. The minimum atomic E-state index is -0.0491. The number of aromatic nitrogens is 2. The molecule has 0 bridgehead atoms. The fourth-order valence-corrected chi connectivity index (χ4v) is 4.41. The quantitative estimate of drug-likeness (QED) is 0.698. The molecule has 1 aliphatic carbocycles. The fraction of sp³-hybridized carbons (Fsp3) is 0.300. The summed E-state index contributed by atoms with van der Waals surface area (Å²) in [5.41, 5.74) is 5.25. The zero-order valence-corrected chi connectivity index (χ0v) is 14.8. The molecule has 0 atom stereocenters. The fourth-order valence-electron chi connectivity index (χ4n) is 3.26. The zero-order valence-electron chi connectivity index (χ0n) is 14.0. The van der Waals surface area contributed by atoms with E-state index < -0.39 is 0 Å². The van der Waals surface area contributed by atoms with E-state index in [1.54, 1.807) is 6.07 Å². The number of fused-ring (bicyclic) bond motifs is 3. The molecule has 3 aromatic rings. The van der Waals surface area contributed by atoms with Crippen LogP contribution in [0.5, 0.6) is 0 Å². The lowest BCUT2D eigenvalue weighted by Crippen LogP contribution is -2.22. The van der Waals surface area contributed by atoms with Crippen LogP contribution in [0.4, 0.5) is 0 Å². The van der Waals surface area contributed by atoms with E-state index in [9.17, 15) is 4.79 Å². The Labute approximate surface area is 145 Å². The van der Waals surface area contributed by atoms with Gasteiger partial charge in [0, 0.05) is 21.4 Å². The van der Waals surface area contributed by atoms with Gasteiger partial charge in [-0.05, 0) is 56.4 Å². The van der Waals surface area contributed by atoms with Crippen LogP contribution in [0.15, 0.2) is 41.2 Å². The van der Waals surface area contributed by atoms with E-state index in [-0.39, 0.29) is 5.56 Å². The molecule has 122 valence electrons. The summed E-state index contributed by atoms with van der Waals surface area (Å²) in [6.07, 6.45) is 4.13. The van der Waals surface area contributed by atoms with E-state index in [2.05, 4.69) is 13.0 Å². The van der Waals surface area contributed by atoms with Gasteiger partial charge in [0.1, 0.15) is 0 Å². The molecule has 1 aliphatic rings. The van der Waals surface area contributed by atoms with Crippen LogP contribution in [-0.2, 0) is 19.3 Å². The second-order valence-electron chi connectivity index (χ2n) is 6.36. The Balaban J connectivity index is 1.92. The summed E-state index contributed by atoms with van der Waals surface area (Å²) in [7, 11) is 0. The van der Waals surface area contributed by atoms with Crippen molar-refractivity contribution >= 4 is 11.3 Å². The van der Waals surface area contributed by atoms with E-state index in [1.807, 2.05) is 42.5 Å². The van der Waals surface area contributed by atoms with Crippen molar-refractivity contribution in [3.8, 4) is 16.9 Å². The van der Waals surface area contributed by atoms with Crippen molar-refractivity contribution in [2.24, 2.45) is 0 Å². The van der Waals surface area contributed by atoms with Gasteiger partial charge >= 0.3 is 0 Å². The summed E-state index contributed by atoms with van der Waals surface area (Å²) in [5, 5.41) is 4.77. The van der Waals surface area contributed by atoms with E-state index >= 15 is 0 Å². The van der Waals surface area contributed by atoms with Gasteiger partial charge in [0.25, 0.3) is 5.56 Å². The molecule has 0 amide bonds. The molecule has 1 aromatic carbocycles. The van der Waals surface area contributed by atoms with Crippen LogP contribution in [0, 0.1) is 6.92 Å². The van der Waals surface area contributed by atoms with Crippen LogP contribution in [0.25, 0.3) is 16.9 Å². The Kier molecular flexibility index (Phi) is 3.85. The number of aryl methyl sites for hydroxylation is 4. The first-order valence-electron chi connectivity index (χ1n) is 8.48. The van der Waals surface area contributed by atoms with Crippen molar-refractivity contribution in [2.75, 3.05) is 0 Å². The van der Waals surface area contributed by atoms with Crippen molar-refractivity contribution in [3.05, 3.63) is 67.6 Å². The Hall–Kier alpha value is -2.20. The van der Waals surface area contributed by atoms with Crippen LogP contribution in [0.1, 0.15) is 34.2 Å². The molecule has 0 saturated carbocycles. The van der Waals surface area contributed by atoms with E-state index in [4.69, 9.17) is 5.10 Å². The average Bonchev–Trinajstić information content (AvgIpc) is 2.92. The maximum Gasteiger partial charge on any atom is 0.271 e. The van der Waals surface area contributed by atoms with Gasteiger partial charge in [-0.15, -0.1) is 11.3 Å². The monoisotopic (exact) mass is 336 g/mol. The third-order valence-corrected chi connectivity index (χ3v) is 5.94. The van der Waals surface area contributed by atoms with Gasteiger partial charge in [0.05, 0.1) is 11.4 Å². The van der Waals surface area contributed by atoms with E-state index in [0.29, 0.717) is 0 Å². The van der Waals surface area contributed by atoms with Crippen molar-refractivity contribution in [3.63, 3.8) is 0 Å². The Bertz CT molecular complexity index is 951. The van der Waals surface area contributed by atoms with Gasteiger partial charge in [-0.25, -0.2) is 0 Å². The van der Waals surface area contributed by atoms with Gasteiger partial charge < -0.3 is 0 Å². The molecule has 2 heterocycles. The summed E-state index contributed by atoms with van der Waals surface area (Å²) in [5.74, 6) is 0. The molecule has 0 N–H and O–H groups in total. The molecule has 0 unspecified atom stereocenters. The van der Waals surface area contributed by atoms with E-state index in [0.717, 1.165) is 42.6 Å². The molecule has 0 saturated heterocycles. The maximum absolute atomic E-state index is 12.6. The number of hydrogen-bond donors (Lipinski definition) is 0. The minimum Gasteiger partial charge on any atom is -0.267 e. The summed E-state index contributed by atoms with van der Waals surface area (Å²) >= 11 is 1.89. The summed E-state index contributed by atoms with van der Waals surface area (Å²) < 4.78 is 1.54. The van der Waals surface area contributed by atoms with Crippen molar-refractivity contribution < 1.29 is 0 Å². The lowest BCUT2D eigenvalue weighted by atomic mass is 10.1. The highest BCUT2D eigenvalue weighted by Gasteiger charge is 2.20. The topological polar surface area (TPSA) is 34.9 Å².